The zero-order valence-electron chi connectivity index (χ0n) is 11.7. The molecule has 0 aromatic heterocycles. The van der Waals surface area contributed by atoms with Crippen LogP contribution in [0.2, 0.25) is 0 Å². The lowest BCUT2D eigenvalue weighted by Gasteiger charge is -2.27. The SMILES string of the molecule is COc1cccc(NCCC(=O)N2CCOCC2)c1N. The molecule has 0 unspecified atom stereocenters. The number of nitrogens with two attached hydrogens (primary N) is 1. The van der Waals surface area contributed by atoms with Crippen LogP contribution in [0.5, 0.6) is 5.75 Å². The molecule has 1 aliphatic rings. The van der Waals surface area contributed by atoms with Crippen molar-refractivity contribution < 1.29 is 14.3 Å². The summed E-state index contributed by atoms with van der Waals surface area (Å²) in [7, 11) is 1.58. The fraction of sp³-hybridized carbons (Fsp3) is 0.500. The van der Waals surface area contributed by atoms with Crippen molar-refractivity contribution in [1.29, 1.82) is 0 Å². The molecule has 1 aromatic carbocycles. The Morgan fingerprint density at radius 3 is 2.90 bits per heavy atom. The summed E-state index contributed by atoms with van der Waals surface area (Å²) in [6.07, 6.45) is 0.441. The molecule has 1 amide bonds. The van der Waals surface area contributed by atoms with Gasteiger partial charge in [0.25, 0.3) is 0 Å². The average Bonchev–Trinajstić information content (AvgIpc) is 2.49. The van der Waals surface area contributed by atoms with Gasteiger partial charge < -0.3 is 25.4 Å². The lowest BCUT2D eigenvalue weighted by Crippen LogP contribution is -2.41. The van der Waals surface area contributed by atoms with Gasteiger partial charge in [0.2, 0.25) is 5.91 Å². The van der Waals surface area contributed by atoms with Crippen LogP contribution in [0.1, 0.15) is 6.42 Å². The van der Waals surface area contributed by atoms with E-state index in [1.165, 1.54) is 0 Å². The van der Waals surface area contributed by atoms with Crippen LogP contribution in [0.3, 0.4) is 0 Å². The summed E-state index contributed by atoms with van der Waals surface area (Å²) in [5, 5.41) is 3.17. The van der Waals surface area contributed by atoms with E-state index in [1.807, 2.05) is 17.0 Å². The molecule has 0 spiro atoms. The number of nitrogens with zero attached hydrogens (tertiary/aromatic N) is 1. The van der Waals surface area contributed by atoms with Gasteiger partial charge in [0, 0.05) is 26.1 Å². The predicted octanol–water partition coefficient (Wildman–Crippen LogP) is 0.938. The minimum atomic E-state index is 0.141. The zero-order valence-corrected chi connectivity index (χ0v) is 11.7. The molecule has 0 radical (unpaired) electrons. The highest BCUT2D eigenvalue weighted by atomic mass is 16.5. The maximum absolute atomic E-state index is 12.0. The van der Waals surface area contributed by atoms with Crippen molar-refractivity contribution in [2.75, 3.05) is 51.0 Å². The van der Waals surface area contributed by atoms with Crippen LogP contribution in [0, 0.1) is 0 Å². The average molecular weight is 279 g/mol. The lowest BCUT2D eigenvalue weighted by molar-refractivity contribution is -0.134. The number of amides is 1. The molecule has 0 bridgehead atoms. The molecule has 1 saturated heterocycles. The molecule has 6 nitrogen and oxygen atoms in total. The normalized spacial score (nSPS) is 14.9. The first-order valence-electron chi connectivity index (χ1n) is 6.74. The van der Waals surface area contributed by atoms with E-state index in [-0.39, 0.29) is 5.91 Å². The van der Waals surface area contributed by atoms with Crippen LogP contribution in [0.15, 0.2) is 18.2 Å². The molecule has 6 heteroatoms. The Labute approximate surface area is 118 Å². The van der Waals surface area contributed by atoms with Crippen molar-refractivity contribution in [2.45, 2.75) is 6.42 Å². The Balaban J connectivity index is 1.82. The number of hydrogen-bond acceptors (Lipinski definition) is 5. The summed E-state index contributed by atoms with van der Waals surface area (Å²) < 4.78 is 10.4. The van der Waals surface area contributed by atoms with E-state index in [0.29, 0.717) is 50.7 Å². The first-order chi connectivity index (χ1) is 9.72. The van der Waals surface area contributed by atoms with Gasteiger partial charge in [0.05, 0.1) is 31.7 Å². The summed E-state index contributed by atoms with van der Waals surface area (Å²) in [6, 6.07) is 5.54. The van der Waals surface area contributed by atoms with E-state index in [1.54, 1.807) is 13.2 Å². The van der Waals surface area contributed by atoms with Crippen molar-refractivity contribution in [1.82, 2.24) is 4.90 Å². The van der Waals surface area contributed by atoms with Gasteiger partial charge in [-0.1, -0.05) is 6.07 Å². The Bertz CT molecular complexity index is 459. The second-order valence-electron chi connectivity index (χ2n) is 4.59. The summed E-state index contributed by atoms with van der Waals surface area (Å²) in [4.78, 5) is 13.8. The van der Waals surface area contributed by atoms with Gasteiger partial charge in [0.1, 0.15) is 5.75 Å². The number of morpholine rings is 1. The minimum absolute atomic E-state index is 0.141. The topological polar surface area (TPSA) is 76.8 Å². The monoisotopic (exact) mass is 279 g/mol. The Kier molecular flexibility index (Phi) is 5.06. The van der Waals surface area contributed by atoms with Crippen LogP contribution >= 0.6 is 0 Å². The fourth-order valence-electron chi connectivity index (χ4n) is 2.15. The number of carbonyl (C=O) groups is 1. The van der Waals surface area contributed by atoms with Crippen LogP contribution in [0.4, 0.5) is 11.4 Å². The maximum atomic E-state index is 12.0. The number of methoxy groups -OCH3 is 1. The first kappa shape index (κ1) is 14.5. The molecule has 0 saturated carbocycles. The van der Waals surface area contributed by atoms with Crippen molar-refractivity contribution in [2.24, 2.45) is 0 Å². The highest BCUT2D eigenvalue weighted by Crippen LogP contribution is 2.28. The minimum Gasteiger partial charge on any atom is -0.495 e. The molecule has 1 heterocycles. The van der Waals surface area contributed by atoms with Gasteiger partial charge in [-0.05, 0) is 12.1 Å². The summed E-state index contributed by atoms with van der Waals surface area (Å²) in [6.45, 7) is 3.16. The van der Waals surface area contributed by atoms with Crippen molar-refractivity contribution >= 4 is 17.3 Å². The van der Waals surface area contributed by atoms with Crippen molar-refractivity contribution in [3.63, 3.8) is 0 Å². The molecule has 0 atom stereocenters. The van der Waals surface area contributed by atoms with Crippen LogP contribution < -0.4 is 15.8 Å². The highest BCUT2D eigenvalue weighted by molar-refractivity contribution is 5.78. The number of benzene rings is 1. The lowest BCUT2D eigenvalue weighted by atomic mass is 10.2. The predicted molar refractivity (Wildman–Crippen MR) is 77.9 cm³/mol. The van der Waals surface area contributed by atoms with Gasteiger partial charge in [0.15, 0.2) is 0 Å². The Morgan fingerprint density at radius 1 is 1.45 bits per heavy atom. The van der Waals surface area contributed by atoms with E-state index in [4.69, 9.17) is 15.2 Å². The first-order valence-corrected chi connectivity index (χ1v) is 6.74. The summed E-state index contributed by atoms with van der Waals surface area (Å²) in [5.74, 6) is 0.775. The number of anilines is 2. The second kappa shape index (κ2) is 7.00. The number of nitrogens with one attached hydrogen (secondary N) is 1. The van der Waals surface area contributed by atoms with E-state index in [0.717, 1.165) is 5.69 Å². The number of ether oxygens (including phenoxy) is 2. The maximum Gasteiger partial charge on any atom is 0.224 e. The number of nitrogen functional groups attached to an aromatic ring is 1. The molecule has 0 aliphatic carbocycles. The third-order valence-corrected chi connectivity index (χ3v) is 3.30. The van der Waals surface area contributed by atoms with Gasteiger partial charge in [-0.15, -0.1) is 0 Å². The summed E-state index contributed by atoms with van der Waals surface area (Å²) in [5.41, 5.74) is 7.31. The van der Waals surface area contributed by atoms with Gasteiger partial charge in [-0.2, -0.15) is 0 Å². The molecule has 1 aromatic rings. The molecule has 2 rings (SSSR count). The third kappa shape index (κ3) is 3.54. The molecular formula is C14H21N3O3. The van der Waals surface area contributed by atoms with E-state index in [2.05, 4.69) is 5.32 Å². The quantitative estimate of drug-likeness (QED) is 0.784. The molecule has 3 N–H and O–H groups in total. The molecule has 1 aliphatic heterocycles. The van der Waals surface area contributed by atoms with E-state index < -0.39 is 0 Å². The van der Waals surface area contributed by atoms with E-state index >= 15 is 0 Å². The third-order valence-electron chi connectivity index (χ3n) is 3.30. The second-order valence-corrected chi connectivity index (χ2v) is 4.59. The summed E-state index contributed by atoms with van der Waals surface area (Å²) >= 11 is 0. The van der Waals surface area contributed by atoms with E-state index in [9.17, 15) is 4.79 Å². The van der Waals surface area contributed by atoms with Gasteiger partial charge in [-0.3, -0.25) is 4.79 Å². The van der Waals surface area contributed by atoms with Crippen molar-refractivity contribution in [3.05, 3.63) is 18.2 Å². The van der Waals surface area contributed by atoms with Crippen LogP contribution in [0.25, 0.3) is 0 Å². The van der Waals surface area contributed by atoms with Crippen LogP contribution in [-0.4, -0.2) is 50.8 Å². The number of carbonyl (C=O) groups excluding carboxylic acids is 1. The standard InChI is InChI=1S/C14H21N3O3/c1-19-12-4-2-3-11(14(12)15)16-6-5-13(18)17-7-9-20-10-8-17/h2-4,16H,5-10,15H2,1H3. The molecule has 110 valence electrons. The largest absolute Gasteiger partial charge is 0.495 e. The fourth-order valence-corrected chi connectivity index (χ4v) is 2.15. The Morgan fingerprint density at radius 2 is 2.20 bits per heavy atom. The smallest absolute Gasteiger partial charge is 0.224 e. The van der Waals surface area contributed by atoms with Gasteiger partial charge in [-0.25, -0.2) is 0 Å². The van der Waals surface area contributed by atoms with Crippen molar-refractivity contribution in [3.8, 4) is 5.75 Å². The number of hydrogen-bond donors (Lipinski definition) is 2. The van der Waals surface area contributed by atoms with Crippen LogP contribution in [-0.2, 0) is 9.53 Å². The number of rotatable bonds is 5. The molecule has 1 fully saturated rings. The molecular weight excluding hydrogens is 258 g/mol. The molecule has 20 heavy (non-hydrogen) atoms. The van der Waals surface area contributed by atoms with Gasteiger partial charge >= 0.3 is 0 Å². The Hall–Kier alpha value is -1.95. The number of para-hydroxylation sites is 1. The zero-order chi connectivity index (χ0) is 14.4. The highest BCUT2D eigenvalue weighted by Gasteiger charge is 2.16.